The Labute approximate surface area is 177 Å². The summed E-state index contributed by atoms with van der Waals surface area (Å²) in [4.78, 5) is 13.2. The standard InChI is InChI=1S/C20H20ClN5O2S/c1-3-16-23-24-20-26(16)25-17(12-7-9-15(28-2)10-8-12)18(29-20)19(27)22-14-6-4-5-13(21)11-14/h4-11,17-18,25H,3H2,1-2H3,(H,22,27)/t17-,18-/m0/s1. The van der Waals surface area contributed by atoms with Crippen molar-refractivity contribution in [2.45, 2.75) is 29.8 Å². The topological polar surface area (TPSA) is 81.1 Å². The minimum Gasteiger partial charge on any atom is -0.497 e. The Bertz CT molecular complexity index is 1020. The van der Waals surface area contributed by atoms with Crippen LogP contribution in [0.3, 0.4) is 0 Å². The van der Waals surface area contributed by atoms with Crippen molar-refractivity contribution >= 4 is 35.0 Å². The molecule has 9 heteroatoms. The molecule has 3 aromatic rings. The van der Waals surface area contributed by atoms with E-state index in [1.54, 1.807) is 25.3 Å². The number of aryl methyl sites for hydroxylation is 1. The van der Waals surface area contributed by atoms with Crippen molar-refractivity contribution in [3.63, 3.8) is 0 Å². The zero-order valence-electron chi connectivity index (χ0n) is 15.9. The molecule has 150 valence electrons. The summed E-state index contributed by atoms with van der Waals surface area (Å²) in [5, 5.41) is 12.2. The van der Waals surface area contributed by atoms with E-state index >= 15 is 0 Å². The fourth-order valence-corrected chi connectivity index (χ4v) is 4.46. The van der Waals surface area contributed by atoms with Gasteiger partial charge in [-0.3, -0.25) is 4.79 Å². The largest absolute Gasteiger partial charge is 0.497 e. The van der Waals surface area contributed by atoms with Crippen molar-refractivity contribution in [3.05, 3.63) is 64.9 Å². The molecular weight excluding hydrogens is 410 g/mol. The Morgan fingerprint density at radius 3 is 2.76 bits per heavy atom. The van der Waals surface area contributed by atoms with Gasteiger partial charge in [0.05, 0.1) is 13.2 Å². The van der Waals surface area contributed by atoms with Crippen LogP contribution in [0.25, 0.3) is 0 Å². The number of ether oxygens (including phenoxy) is 1. The normalized spacial score (nSPS) is 17.9. The highest BCUT2D eigenvalue weighted by atomic mass is 35.5. The third-order valence-corrected chi connectivity index (χ3v) is 6.10. The molecule has 0 aliphatic carbocycles. The third kappa shape index (κ3) is 4.04. The van der Waals surface area contributed by atoms with Crippen LogP contribution >= 0.6 is 23.4 Å². The van der Waals surface area contributed by atoms with Gasteiger partial charge in [0.15, 0.2) is 5.82 Å². The van der Waals surface area contributed by atoms with Gasteiger partial charge in [-0.2, -0.15) is 0 Å². The number of anilines is 1. The summed E-state index contributed by atoms with van der Waals surface area (Å²) in [6, 6.07) is 14.5. The lowest BCUT2D eigenvalue weighted by Crippen LogP contribution is -2.41. The molecule has 1 amide bonds. The predicted octanol–water partition coefficient (Wildman–Crippen LogP) is 3.90. The van der Waals surface area contributed by atoms with Crippen molar-refractivity contribution in [2.75, 3.05) is 17.9 Å². The van der Waals surface area contributed by atoms with E-state index in [4.69, 9.17) is 16.3 Å². The average molecular weight is 430 g/mol. The van der Waals surface area contributed by atoms with Crippen LogP contribution in [0.5, 0.6) is 5.75 Å². The number of aromatic nitrogens is 3. The molecule has 29 heavy (non-hydrogen) atoms. The number of benzene rings is 2. The number of carbonyl (C=O) groups is 1. The maximum absolute atomic E-state index is 13.2. The molecule has 2 heterocycles. The molecule has 0 bridgehead atoms. The van der Waals surface area contributed by atoms with Gasteiger partial charge in [0, 0.05) is 17.1 Å². The molecule has 0 saturated heterocycles. The number of carbonyl (C=O) groups excluding carboxylic acids is 1. The molecule has 7 nitrogen and oxygen atoms in total. The van der Waals surface area contributed by atoms with Gasteiger partial charge in [-0.05, 0) is 35.9 Å². The number of fused-ring (bicyclic) bond motifs is 1. The number of hydrogen-bond acceptors (Lipinski definition) is 6. The van der Waals surface area contributed by atoms with Crippen LogP contribution in [0.2, 0.25) is 5.02 Å². The number of methoxy groups -OCH3 is 1. The number of nitrogens with one attached hydrogen (secondary N) is 2. The Morgan fingerprint density at radius 2 is 2.07 bits per heavy atom. The Morgan fingerprint density at radius 1 is 1.28 bits per heavy atom. The van der Waals surface area contributed by atoms with Crippen molar-refractivity contribution < 1.29 is 9.53 Å². The van der Waals surface area contributed by atoms with E-state index in [1.807, 2.05) is 41.9 Å². The third-order valence-electron chi connectivity index (χ3n) is 4.65. The van der Waals surface area contributed by atoms with E-state index in [2.05, 4.69) is 20.9 Å². The maximum atomic E-state index is 13.2. The smallest absolute Gasteiger partial charge is 0.240 e. The van der Waals surface area contributed by atoms with Gasteiger partial charge in [-0.1, -0.05) is 48.5 Å². The van der Waals surface area contributed by atoms with E-state index in [0.29, 0.717) is 15.9 Å². The summed E-state index contributed by atoms with van der Waals surface area (Å²) in [5.74, 6) is 1.44. The van der Waals surface area contributed by atoms with Crippen LogP contribution in [-0.2, 0) is 11.2 Å². The maximum Gasteiger partial charge on any atom is 0.240 e. The van der Waals surface area contributed by atoms with Gasteiger partial charge in [0.1, 0.15) is 11.0 Å². The number of hydrogen-bond donors (Lipinski definition) is 2. The first-order valence-electron chi connectivity index (χ1n) is 9.17. The molecule has 0 saturated carbocycles. The monoisotopic (exact) mass is 429 g/mol. The van der Waals surface area contributed by atoms with E-state index in [9.17, 15) is 4.79 Å². The second kappa shape index (κ2) is 8.34. The van der Waals surface area contributed by atoms with E-state index < -0.39 is 5.25 Å². The van der Waals surface area contributed by atoms with Crippen LogP contribution in [0.1, 0.15) is 24.4 Å². The molecule has 0 radical (unpaired) electrons. The molecule has 0 fully saturated rings. The Kier molecular flexibility index (Phi) is 5.64. The van der Waals surface area contributed by atoms with Crippen LogP contribution < -0.4 is 15.5 Å². The highest BCUT2D eigenvalue weighted by Crippen LogP contribution is 2.38. The molecule has 0 unspecified atom stereocenters. The molecule has 2 atom stereocenters. The zero-order chi connectivity index (χ0) is 20.4. The van der Waals surface area contributed by atoms with Gasteiger partial charge >= 0.3 is 0 Å². The predicted molar refractivity (Wildman–Crippen MR) is 114 cm³/mol. The van der Waals surface area contributed by atoms with Crippen LogP contribution in [0, 0.1) is 0 Å². The summed E-state index contributed by atoms with van der Waals surface area (Å²) in [6.07, 6.45) is 0.731. The molecule has 1 aliphatic heterocycles. The van der Waals surface area contributed by atoms with E-state index in [1.165, 1.54) is 11.8 Å². The van der Waals surface area contributed by atoms with Crippen LogP contribution in [0.15, 0.2) is 53.7 Å². The summed E-state index contributed by atoms with van der Waals surface area (Å²) < 4.78 is 7.12. The van der Waals surface area contributed by atoms with E-state index in [0.717, 1.165) is 23.6 Å². The first-order chi connectivity index (χ1) is 14.1. The van der Waals surface area contributed by atoms with E-state index in [-0.39, 0.29) is 11.9 Å². The second-order valence-electron chi connectivity index (χ2n) is 6.51. The van der Waals surface area contributed by atoms with Gasteiger partial charge < -0.3 is 15.5 Å². The fourth-order valence-electron chi connectivity index (χ4n) is 3.17. The minimum absolute atomic E-state index is 0.141. The molecule has 0 spiro atoms. The second-order valence-corrected chi connectivity index (χ2v) is 8.05. The fraction of sp³-hybridized carbons (Fsp3) is 0.250. The number of amides is 1. The molecule has 2 N–H and O–H groups in total. The summed E-state index contributed by atoms with van der Waals surface area (Å²) in [5.41, 5.74) is 5.04. The average Bonchev–Trinajstić information content (AvgIpc) is 3.15. The lowest BCUT2D eigenvalue weighted by molar-refractivity contribution is -0.116. The number of rotatable bonds is 5. The summed E-state index contributed by atoms with van der Waals surface area (Å²) in [6.45, 7) is 2.02. The number of nitrogens with zero attached hydrogens (tertiary/aromatic N) is 3. The van der Waals surface area contributed by atoms with Crippen LogP contribution in [0.4, 0.5) is 5.69 Å². The number of halogens is 1. The quantitative estimate of drug-likeness (QED) is 0.640. The van der Waals surface area contributed by atoms with Gasteiger partial charge in [0.2, 0.25) is 11.1 Å². The van der Waals surface area contributed by atoms with Gasteiger partial charge in [-0.15, -0.1) is 10.2 Å². The summed E-state index contributed by atoms with van der Waals surface area (Å²) >= 11 is 7.44. The molecule has 4 rings (SSSR count). The van der Waals surface area contributed by atoms with Gasteiger partial charge in [-0.25, -0.2) is 4.68 Å². The molecule has 1 aromatic heterocycles. The van der Waals surface area contributed by atoms with Crippen molar-refractivity contribution in [1.82, 2.24) is 14.9 Å². The molecule has 2 aromatic carbocycles. The first kappa shape index (κ1) is 19.6. The SMILES string of the molecule is CCc1nnc2n1N[C@@H](c1ccc(OC)cc1)[C@@H](C(=O)Nc1cccc(Cl)c1)S2. The van der Waals surface area contributed by atoms with Crippen molar-refractivity contribution in [3.8, 4) is 5.75 Å². The van der Waals surface area contributed by atoms with Crippen molar-refractivity contribution in [2.24, 2.45) is 0 Å². The lowest BCUT2D eigenvalue weighted by atomic mass is 10.0. The molecule has 1 aliphatic rings. The lowest BCUT2D eigenvalue weighted by Gasteiger charge is -2.33. The Balaban J connectivity index is 1.66. The molecular formula is C20H20ClN5O2S. The number of thioether (sulfide) groups is 1. The van der Waals surface area contributed by atoms with Crippen LogP contribution in [-0.4, -0.2) is 33.1 Å². The Hall–Kier alpha value is -2.71. The zero-order valence-corrected chi connectivity index (χ0v) is 17.5. The first-order valence-corrected chi connectivity index (χ1v) is 10.4. The van der Waals surface area contributed by atoms with Gasteiger partial charge in [0.25, 0.3) is 0 Å². The highest BCUT2D eigenvalue weighted by Gasteiger charge is 2.37. The minimum atomic E-state index is -0.455. The van der Waals surface area contributed by atoms with Crippen molar-refractivity contribution in [1.29, 1.82) is 0 Å². The summed E-state index contributed by atoms with van der Waals surface area (Å²) in [7, 11) is 1.63. The highest BCUT2D eigenvalue weighted by molar-refractivity contribution is 8.00.